The van der Waals surface area contributed by atoms with E-state index in [1.54, 1.807) is 23.6 Å². The molecule has 1 saturated carbocycles. The fourth-order valence-corrected chi connectivity index (χ4v) is 5.12. The van der Waals surface area contributed by atoms with E-state index in [0.29, 0.717) is 18.1 Å². The van der Waals surface area contributed by atoms with Gasteiger partial charge in [0.25, 0.3) is 0 Å². The monoisotopic (exact) mass is 312 g/mol. The van der Waals surface area contributed by atoms with Crippen molar-refractivity contribution in [1.29, 1.82) is 0 Å². The Morgan fingerprint density at radius 1 is 1.09 bits per heavy atom. The van der Waals surface area contributed by atoms with E-state index in [1.165, 1.54) is 38.5 Å². The lowest BCUT2D eigenvalue weighted by atomic mass is 9.84. The van der Waals surface area contributed by atoms with Crippen LogP contribution in [0, 0.1) is 0 Å². The molecule has 0 heterocycles. The third-order valence-corrected chi connectivity index (χ3v) is 6.10. The Bertz CT molecular complexity index is 589. The number of aryl methyl sites for hydroxylation is 1. The van der Waals surface area contributed by atoms with E-state index in [-0.39, 0.29) is 5.91 Å². The van der Waals surface area contributed by atoms with Crippen LogP contribution < -0.4 is 10.6 Å². The van der Waals surface area contributed by atoms with Crippen LogP contribution >= 0.6 is 0 Å². The lowest BCUT2D eigenvalue weighted by Gasteiger charge is -2.31. The minimum absolute atomic E-state index is 0.111. The Morgan fingerprint density at radius 2 is 1.87 bits per heavy atom. The molecule has 0 bridgehead atoms. The molecule has 3 nitrogen and oxygen atoms in total. The topological polar surface area (TPSA) is 41.1 Å². The molecule has 1 aromatic rings. The number of hydrogen-bond donors (Lipinski definition) is 2. The van der Waals surface area contributed by atoms with Crippen molar-refractivity contribution < 1.29 is 4.79 Å². The van der Waals surface area contributed by atoms with Crippen molar-refractivity contribution in [3.63, 3.8) is 0 Å². The normalized spacial score (nSPS) is 32.4. The first-order valence-electron chi connectivity index (χ1n) is 9.35. The zero-order chi connectivity index (χ0) is 15.8. The quantitative estimate of drug-likeness (QED) is 0.895. The van der Waals surface area contributed by atoms with Crippen molar-refractivity contribution in [3.8, 4) is 0 Å². The summed E-state index contributed by atoms with van der Waals surface area (Å²) in [6, 6.07) is 8.50. The fraction of sp³-hybridized carbons (Fsp3) is 0.650. The minimum atomic E-state index is 0.111. The third kappa shape index (κ3) is 3.03. The first-order chi connectivity index (χ1) is 11.2. The summed E-state index contributed by atoms with van der Waals surface area (Å²) in [5.74, 6) is 0.906. The van der Waals surface area contributed by atoms with Crippen LogP contribution in [0.1, 0.15) is 80.5 Å². The van der Waals surface area contributed by atoms with E-state index in [1.807, 2.05) is 0 Å². The van der Waals surface area contributed by atoms with Crippen molar-refractivity contribution in [1.82, 2.24) is 10.6 Å². The predicted octanol–water partition coefficient (Wildman–Crippen LogP) is 3.59. The maximum absolute atomic E-state index is 11.2. The third-order valence-electron chi connectivity index (χ3n) is 6.10. The molecule has 4 rings (SSSR count). The van der Waals surface area contributed by atoms with Crippen LogP contribution in [-0.4, -0.2) is 18.0 Å². The number of amides is 1. The molecule has 0 aromatic heterocycles. The molecule has 0 radical (unpaired) electrons. The molecule has 2 atom stereocenters. The lowest BCUT2D eigenvalue weighted by Crippen LogP contribution is -2.42. The van der Waals surface area contributed by atoms with Gasteiger partial charge in [-0.3, -0.25) is 4.79 Å². The molecular weight excluding hydrogens is 284 g/mol. The van der Waals surface area contributed by atoms with Gasteiger partial charge in [-0.15, -0.1) is 0 Å². The van der Waals surface area contributed by atoms with Crippen LogP contribution in [0.25, 0.3) is 0 Å². The summed E-state index contributed by atoms with van der Waals surface area (Å²) < 4.78 is 0. The van der Waals surface area contributed by atoms with Gasteiger partial charge < -0.3 is 10.6 Å². The van der Waals surface area contributed by atoms with E-state index in [2.05, 4.69) is 28.8 Å². The van der Waals surface area contributed by atoms with Crippen LogP contribution in [0.5, 0.6) is 0 Å². The van der Waals surface area contributed by atoms with Crippen molar-refractivity contribution >= 4 is 5.91 Å². The Labute approximate surface area is 139 Å². The standard InChI is InChI=1S/C20H28N2O/c1-13(23)21-16-8-10-17(11-9-16)22-19-12-15-6-2-4-14-5-3-7-18(19)20(14)15/h3,5,7,15-17,19,22H,2,4,6,8-12H2,1H3,(H,21,23). The molecule has 2 N–H and O–H groups in total. The zero-order valence-corrected chi connectivity index (χ0v) is 14.1. The molecule has 1 aromatic carbocycles. The molecule has 23 heavy (non-hydrogen) atoms. The van der Waals surface area contributed by atoms with Crippen LogP contribution in [0.3, 0.4) is 0 Å². The predicted molar refractivity (Wildman–Crippen MR) is 92.5 cm³/mol. The number of carbonyl (C=O) groups is 1. The summed E-state index contributed by atoms with van der Waals surface area (Å²) >= 11 is 0. The highest BCUT2D eigenvalue weighted by Crippen LogP contribution is 2.47. The van der Waals surface area contributed by atoms with Gasteiger partial charge in [0.15, 0.2) is 0 Å². The Balaban J connectivity index is 1.40. The van der Waals surface area contributed by atoms with Crippen molar-refractivity contribution in [2.75, 3.05) is 0 Å². The molecule has 0 saturated heterocycles. The van der Waals surface area contributed by atoms with Gasteiger partial charge in [-0.1, -0.05) is 18.2 Å². The fourth-order valence-electron chi connectivity index (χ4n) is 5.12. The van der Waals surface area contributed by atoms with Gasteiger partial charge >= 0.3 is 0 Å². The highest BCUT2D eigenvalue weighted by molar-refractivity contribution is 5.73. The number of benzene rings is 1. The van der Waals surface area contributed by atoms with Gasteiger partial charge in [-0.25, -0.2) is 0 Å². The summed E-state index contributed by atoms with van der Waals surface area (Å²) in [5.41, 5.74) is 4.87. The summed E-state index contributed by atoms with van der Waals surface area (Å²) in [4.78, 5) is 11.2. The Hall–Kier alpha value is -1.35. The average molecular weight is 312 g/mol. The van der Waals surface area contributed by atoms with Crippen LogP contribution in [0.4, 0.5) is 0 Å². The van der Waals surface area contributed by atoms with Gasteiger partial charge in [-0.2, -0.15) is 0 Å². The van der Waals surface area contributed by atoms with Crippen molar-refractivity contribution in [3.05, 3.63) is 34.9 Å². The van der Waals surface area contributed by atoms with Gasteiger partial charge in [0.05, 0.1) is 0 Å². The molecule has 1 fully saturated rings. The van der Waals surface area contributed by atoms with Crippen molar-refractivity contribution in [2.45, 2.75) is 82.3 Å². The van der Waals surface area contributed by atoms with Gasteiger partial charge in [0.1, 0.15) is 0 Å². The smallest absolute Gasteiger partial charge is 0.217 e. The molecule has 3 aliphatic carbocycles. The summed E-state index contributed by atoms with van der Waals surface area (Å²) in [5, 5.41) is 7.03. The molecule has 2 unspecified atom stereocenters. The maximum atomic E-state index is 11.2. The van der Waals surface area contributed by atoms with Crippen LogP contribution in [0.15, 0.2) is 18.2 Å². The van der Waals surface area contributed by atoms with E-state index in [0.717, 1.165) is 18.8 Å². The second-order valence-electron chi connectivity index (χ2n) is 7.71. The van der Waals surface area contributed by atoms with E-state index < -0.39 is 0 Å². The van der Waals surface area contributed by atoms with E-state index >= 15 is 0 Å². The van der Waals surface area contributed by atoms with Crippen LogP contribution in [-0.2, 0) is 11.2 Å². The highest BCUT2D eigenvalue weighted by atomic mass is 16.1. The van der Waals surface area contributed by atoms with Gasteiger partial charge in [-0.05, 0) is 74.0 Å². The molecule has 0 spiro atoms. The Morgan fingerprint density at radius 3 is 2.65 bits per heavy atom. The minimum Gasteiger partial charge on any atom is -0.354 e. The zero-order valence-electron chi connectivity index (χ0n) is 14.1. The second-order valence-corrected chi connectivity index (χ2v) is 7.71. The number of nitrogens with one attached hydrogen (secondary N) is 2. The van der Waals surface area contributed by atoms with Crippen LogP contribution in [0.2, 0.25) is 0 Å². The van der Waals surface area contributed by atoms with Crippen molar-refractivity contribution in [2.24, 2.45) is 0 Å². The second kappa shape index (κ2) is 6.27. The molecule has 3 aliphatic rings. The molecule has 3 heteroatoms. The number of hydrogen-bond acceptors (Lipinski definition) is 2. The molecular formula is C20H28N2O. The summed E-state index contributed by atoms with van der Waals surface area (Å²) in [6.07, 6.45) is 9.88. The highest BCUT2D eigenvalue weighted by Gasteiger charge is 2.35. The first-order valence-corrected chi connectivity index (χ1v) is 9.35. The first kappa shape index (κ1) is 15.2. The number of carbonyl (C=O) groups excluding carboxylic acids is 1. The summed E-state index contributed by atoms with van der Waals surface area (Å²) in [6.45, 7) is 1.62. The molecule has 0 aliphatic heterocycles. The molecule has 124 valence electrons. The Kier molecular flexibility index (Phi) is 4.14. The number of rotatable bonds is 3. The average Bonchev–Trinajstić information content (AvgIpc) is 2.89. The maximum Gasteiger partial charge on any atom is 0.217 e. The SMILES string of the molecule is CC(=O)NC1CCC(NC2CC3CCCc4cccc2c43)CC1. The lowest BCUT2D eigenvalue weighted by molar-refractivity contribution is -0.119. The van der Waals surface area contributed by atoms with Gasteiger partial charge in [0.2, 0.25) is 5.91 Å². The molecule has 1 amide bonds. The van der Waals surface area contributed by atoms with E-state index in [4.69, 9.17) is 0 Å². The largest absolute Gasteiger partial charge is 0.354 e. The summed E-state index contributed by atoms with van der Waals surface area (Å²) in [7, 11) is 0. The van der Waals surface area contributed by atoms with Gasteiger partial charge in [0, 0.05) is 25.0 Å². The van der Waals surface area contributed by atoms with E-state index in [9.17, 15) is 4.79 Å².